The summed E-state index contributed by atoms with van der Waals surface area (Å²) >= 11 is 5.77. The lowest BCUT2D eigenvalue weighted by Crippen LogP contribution is -2.29. The average Bonchev–Trinajstić information content (AvgIpc) is 2.68. The maximum absolute atomic E-state index is 13.2. The Morgan fingerprint density at radius 1 is 1.29 bits per heavy atom. The standard InChI is InChI=1S/C18H22ClFN6O2/c19-14-7-12(3-6-15(14)20)9-23-18-24-10-16(26(27)28)17(25-18)22-8-11-1-4-13(21)5-2-11/h3,6-7,10-11,13H,1-2,4-5,8-9,21H2,(H2,22,23,24,25)/t11-,13-. The first-order chi connectivity index (χ1) is 13.4. The number of halogens is 2. The Bertz CT molecular complexity index is 845. The van der Waals surface area contributed by atoms with Crippen LogP contribution in [0.4, 0.5) is 21.8 Å². The first-order valence-corrected chi connectivity index (χ1v) is 9.49. The van der Waals surface area contributed by atoms with Gasteiger partial charge in [0.1, 0.15) is 12.0 Å². The van der Waals surface area contributed by atoms with E-state index in [4.69, 9.17) is 17.3 Å². The van der Waals surface area contributed by atoms with Crippen molar-refractivity contribution in [2.45, 2.75) is 38.3 Å². The van der Waals surface area contributed by atoms with Crippen LogP contribution >= 0.6 is 11.6 Å². The predicted octanol–water partition coefficient (Wildman–Crippen LogP) is 3.72. The molecular formula is C18H22ClFN6O2. The molecule has 1 aromatic heterocycles. The second-order valence-electron chi connectivity index (χ2n) is 6.95. The zero-order valence-electron chi connectivity index (χ0n) is 15.2. The number of benzene rings is 1. The van der Waals surface area contributed by atoms with Crippen LogP contribution < -0.4 is 16.4 Å². The molecule has 10 heteroatoms. The van der Waals surface area contributed by atoms with E-state index in [1.807, 2.05) is 0 Å². The third-order valence-electron chi connectivity index (χ3n) is 4.85. The number of aromatic nitrogens is 2. The average molecular weight is 409 g/mol. The molecule has 1 aromatic carbocycles. The molecule has 1 fully saturated rings. The summed E-state index contributed by atoms with van der Waals surface area (Å²) in [6.45, 7) is 0.898. The first-order valence-electron chi connectivity index (χ1n) is 9.11. The maximum atomic E-state index is 13.2. The third-order valence-corrected chi connectivity index (χ3v) is 5.14. The monoisotopic (exact) mass is 408 g/mol. The molecule has 150 valence electrons. The van der Waals surface area contributed by atoms with E-state index in [2.05, 4.69) is 20.6 Å². The predicted molar refractivity (Wildman–Crippen MR) is 106 cm³/mol. The molecule has 0 radical (unpaired) electrons. The summed E-state index contributed by atoms with van der Waals surface area (Å²) in [5.41, 5.74) is 6.48. The molecular weight excluding hydrogens is 387 g/mol. The maximum Gasteiger partial charge on any atom is 0.329 e. The molecule has 4 N–H and O–H groups in total. The van der Waals surface area contributed by atoms with Gasteiger partial charge < -0.3 is 16.4 Å². The SMILES string of the molecule is N[C@H]1CC[C@H](CNc2nc(NCc3ccc(F)c(Cl)c3)ncc2[N+](=O)[O-])CC1. The van der Waals surface area contributed by atoms with Crippen LogP contribution in [0.15, 0.2) is 24.4 Å². The largest absolute Gasteiger partial charge is 0.364 e. The van der Waals surface area contributed by atoms with E-state index in [0.717, 1.165) is 31.2 Å². The fourth-order valence-electron chi connectivity index (χ4n) is 3.19. The summed E-state index contributed by atoms with van der Waals surface area (Å²) in [6.07, 6.45) is 5.08. The van der Waals surface area contributed by atoms with Crippen molar-refractivity contribution in [3.05, 3.63) is 50.9 Å². The van der Waals surface area contributed by atoms with Gasteiger partial charge in [0.05, 0.1) is 9.95 Å². The van der Waals surface area contributed by atoms with Gasteiger partial charge in [0.2, 0.25) is 11.8 Å². The first kappa shape index (κ1) is 20.2. The summed E-state index contributed by atoms with van der Waals surface area (Å²) < 4.78 is 13.2. The lowest BCUT2D eigenvalue weighted by molar-refractivity contribution is -0.384. The van der Waals surface area contributed by atoms with Gasteiger partial charge in [-0.15, -0.1) is 0 Å². The van der Waals surface area contributed by atoms with Gasteiger partial charge in [-0.3, -0.25) is 10.1 Å². The van der Waals surface area contributed by atoms with E-state index in [1.165, 1.54) is 18.3 Å². The smallest absolute Gasteiger partial charge is 0.329 e. The van der Waals surface area contributed by atoms with Crippen molar-refractivity contribution in [3.8, 4) is 0 Å². The van der Waals surface area contributed by atoms with Crippen LogP contribution in [0, 0.1) is 21.8 Å². The van der Waals surface area contributed by atoms with Gasteiger partial charge in [0.15, 0.2) is 0 Å². The fourth-order valence-corrected chi connectivity index (χ4v) is 3.39. The molecule has 1 aliphatic rings. The normalized spacial score (nSPS) is 19.2. The molecule has 28 heavy (non-hydrogen) atoms. The Balaban J connectivity index is 1.66. The van der Waals surface area contributed by atoms with Gasteiger partial charge in [0.25, 0.3) is 0 Å². The fraction of sp³-hybridized carbons (Fsp3) is 0.444. The number of hydrogen-bond acceptors (Lipinski definition) is 7. The second-order valence-corrected chi connectivity index (χ2v) is 7.36. The van der Waals surface area contributed by atoms with Crippen molar-refractivity contribution < 1.29 is 9.31 Å². The molecule has 3 rings (SSSR count). The van der Waals surface area contributed by atoms with Crippen molar-refractivity contribution in [2.75, 3.05) is 17.2 Å². The van der Waals surface area contributed by atoms with Crippen LogP contribution in [0.1, 0.15) is 31.2 Å². The second kappa shape index (κ2) is 9.11. The summed E-state index contributed by atoms with van der Waals surface area (Å²) in [5.74, 6) is 0.327. The van der Waals surface area contributed by atoms with E-state index in [9.17, 15) is 14.5 Å². The van der Waals surface area contributed by atoms with Crippen molar-refractivity contribution in [1.82, 2.24) is 9.97 Å². The Kier molecular flexibility index (Phi) is 6.58. The summed E-state index contributed by atoms with van der Waals surface area (Å²) in [6, 6.07) is 4.62. The topological polar surface area (TPSA) is 119 Å². The number of rotatable bonds is 7. The van der Waals surface area contributed by atoms with Crippen LogP contribution in [0.2, 0.25) is 5.02 Å². The molecule has 1 saturated carbocycles. The highest BCUT2D eigenvalue weighted by atomic mass is 35.5. The van der Waals surface area contributed by atoms with Crippen LogP contribution in [-0.4, -0.2) is 27.5 Å². The van der Waals surface area contributed by atoms with Crippen LogP contribution in [0.5, 0.6) is 0 Å². The molecule has 0 bridgehead atoms. The van der Waals surface area contributed by atoms with Gasteiger partial charge in [0, 0.05) is 19.1 Å². The Hall–Kier alpha value is -2.52. The molecule has 0 saturated heterocycles. The highest BCUT2D eigenvalue weighted by Gasteiger charge is 2.21. The van der Waals surface area contributed by atoms with Gasteiger partial charge >= 0.3 is 5.69 Å². The van der Waals surface area contributed by atoms with Gasteiger partial charge in [-0.25, -0.2) is 9.37 Å². The number of hydrogen-bond donors (Lipinski definition) is 3. The number of nitrogens with zero attached hydrogens (tertiary/aromatic N) is 3. The molecule has 2 aromatic rings. The van der Waals surface area contributed by atoms with Crippen LogP contribution in [0.3, 0.4) is 0 Å². The molecule has 0 unspecified atom stereocenters. The summed E-state index contributed by atoms with van der Waals surface area (Å²) in [4.78, 5) is 19.0. The quantitative estimate of drug-likeness (QED) is 0.471. The molecule has 8 nitrogen and oxygen atoms in total. The van der Waals surface area contributed by atoms with Crippen LogP contribution in [0.25, 0.3) is 0 Å². The highest BCUT2D eigenvalue weighted by Crippen LogP contribution is 2.26. The van der Waals surface area contributed by atoms with Crippen molar-refractivity contribution in [3.63, 3.8) is 0 Å². The molecule has 0 atom stereocenters. The van der Waals surface area contributed by atoms with Crippen molar-refractivity contribution in [2.24, 2.45) is 11.7 Å². The number of nitro groups is 1. The lowest BCUT2D eigenvalue weighted by atomic mass is 9.86. The summed E-state index contributed by atoms with van der Waals surface area (Å²) in [7, 11) is 0. The van der Waals surface area contributed by atoms with Gasteiger partial charge in [-0.1, -0.05) is 17.7 Å². The van der Waals surface area contributed by atoms with Crippen molar-refractivity contribution >= 4 is 29.1 Å². The van der Waals surface area contributed by atoms with E-state index in [-0.39, 0.29) is 28.5 Å². The van der Waals surface area contributed by atoms with Gasteiger partial charge in [-0.2, -0.15) is 4.98 Å². The minimum Gasteiger partial charge on any atom is -0.364 e. The number of anilines is 2. The van der Waals surface area contributed by atoms with E-state index >= 15 is 0 Å². The van der Waals surface area contributed by atoms with Crippen molar-refractivity contribution in [1.29, 1.82) is 0 Å². The molecule has 0 aliphatic heterocycles. The zero-order chi connectivity index (χ0) is 20.1. The molecule has 1 aliphatic carbocycles. The third kappa shape index (κ3) is 5.26. The van der Waals surface area contributed by atoms with E-state index < -0.39 is 10.7 Å². The van der Waals surface area contributed by atoms with E-state index in [0.29, 0.717) is 19.0 Å². The van der Waals surface area contributed by atoms with Crippen LogP contribution in [-0.2, 0) is 6.54 Å². The molecule has 0 amide bonds. The highest BCUT2D eigenvalue weighted by molar-refractivity contribution is 6.30. The molecule has 1 heterocycles. The number of nitrogens with two attached hydrogens (primary N) is 1. The zero-order valence-corrected chi connectivity index (χ0v) is 16.0. The van der Waals surface area contributed by atoms with E-state index in [1.54, 1.807) is 6.07 Å². The minimum absolute atomic E-state index is 0.0264. The summed E-state index contributed by atoms with van der Waals surface area (Å²) in [5, 5.41) is 17.4. The Labute approximate surface area is 166 Å². The lowest BCUT2D eigenvalue weighted by Gasteiger charge is -2.26. The molecule has 0 spiro atoms. The Morgan fingerprint density at radius 2 is 2.04 bits per heavy atom. The minimum atomic E-state index is -0.511. The number of nitrogens with one attached hydrogen (secondary N) is 2. The Morgan fingerprint density at radius 3 is 2.71 bits per heavy atom. The van der Waals surface area contributed by atoms with Gasteiger partial charge in [-0.05, 0) is 49.3 Å².